The molecule has 2 N–H and O–H groups in total. The lowest BCUT2D eigenvalue weighted by molar-refractivity contribution is 0.0629. The van der Waals surface area contributed by atoms with Crippen LogP contribution in [0.25, 0.3) is 0 Å². The average Bonchev–Trinajstić information content (AvgIpc) is 2.55. The molecular weight excluding hydrogens is 260 g/mol. The van der Waals surface area contributed by atoms with E-state index in [0.29, 0.717) is 0 Å². The Morgan fingerprint density at radius 2 is 1.00 bits per heavy atom. The first-order chi connectivity index (χ1) is 10.1. The summed E-state index contributed by atoms with van der Waals surface area (Å²) in [5.74, 6) is 0.196. The lowest BCUT2D eigenvalue weighted by atomic mass is 9.85. The Morgan fingerprint density at radius 1 is 0.667 bits per heavy atom. The second-order valence-electron chi connectivity index (χ2n) is 5.90. The molecule has 112 valence electrons. The van der Waals surface area contributed by atoms with Gasteiger partial charge in [0.05, 0.1) is 12.2 Å². The smallest absolute Gasteiger partial charge is 0.0815 e. The Balaban J connectivity index is 1.97. The van der Waals surface area contributed by atoms with Gasteiger partial charge in [-0.15, -0.1) is 0 Å². The topological polar surface area (TPSA) is 40.5 Å². The fourth-order valence-corrected chi connectivity index (χ4v) is 2.80. The van der Waals surface area contributed by atoms with E-state index in [1.807, 2.05) is 74.5 Å². The molecule has 0 aliphatic carbocycles. The molecule has 0 spiro atoms. The minimum absolute atomic E-state index is 0.0979. The van der Waals surface area contributed by atoms with Crippen LogP contribution in [0.15, 0.2) is 60.7 Å². The molecule has 2 aromatic rings. The lowest BCUT2D eigenvalue weighted by Gasteiger charge is -2.26. The summed E-state index contributed by atoms with van der Waals surface area (Å²) in [6, 6.07) is 19.4. The molecule has 0 radical (unpaired) electrons. The molecule has 0 bridgehead atoms. The number of aliphatic hydroxyl groups excluding tert-OH is 2. The van der Waals surface area contributed by atoms with E-state index < -0.39 is 12.2 Å². The molecule has 2 heteroatoms. The maximum atomic E-state index is 10.4. The minimum Gasteiger partial charge on any atom is -0.388 e. The van der Waals surface area contributed by atoms with Crippen molar-refractivity contribution in [3.8, 4) is 0 Å². The predicted octanol–water partition coefficient (Wildman–Crippen LogP) is 4.12. The van der Waals surface area contributed by atoms with E-state index in [1.54, 1.807) is 0 Å². The normalized spacial score (nSPS) is 17.0. The highest BCUT2D eigenvalue weighted by molar-refractivity contribution is 5.19. The van der Waals surface area contributed by atoms with E-state index in [2.05, 4.69) is 0 Å². The second-order valence-corrected chi connectivity index (χ2v) is 5.90. The largest absolute Gasteiger partial charge is 0.388 e. The molecule has 0 amide bonds. The molecule has 0 heterocycles. The molecule has 2 rings (SSSR count). The van der Waals surface area contributed by atoms with Crippen molar-refractivity contribution in [3.63, 3.8) is 0 Å². The third-order valence-electron chi connectivity index (χ3n) is 4.10. The quantitative estimate of drug-likeness (QED) is 0.838. The summed E-state index contributed by atoms with van der Waals surface area (Å²) in [7, 11) is 0. The van der Waals surface area contributed by atoms with Crippen molar-refractivity contribution < 1.29 is 10.2 Å². The number of rotatable bonds is 6. The van der Waals surface area contributed by atoms with Crippen LogP contribution in [0.5, 0.6) is 0 Å². The Morgan fingerprint density at radius 3 is 1.33 bits per heavy atom. The van der Waals surface area contributed by atoms with Crippen LogP contribution in [0.2, 0.25) is 0 Å². The Hall–Kier alpha value is -1.64. The summed E-state index contributed by atoms with van der Waals surface area (Å²) in [6.07, 6.45) is -0.209. The van der Waals surface area contributed by atoms with Gasteiger partial charge < -0.3 is 10.2 Å². The first-order valence-corrected chi connectivity index (χ1v) is 7.55. The highest BCUT2D eigenvalue weighted by Gasteiger charge is 2.23. The Labute approximate surface area is 127 Å². The summed E-state index contributed by atoms with van der Waals surface area (Å²) in [4.78, 5) is 0. The maximum absolute atomic E-state index is 10.4. The third kappa shape index (κ3) is 4.16. The molecular formula is C19H24O2. The monoisotopic (exact) mass is 284 g/mol. The lowest BCUT2D eigenvalue weighted by Crippen LogP contribution is -2.17. The SMILES string of the molecule is CC(CC(C)C(O)c1ccccc1)C(O)c1ccccc1. The van der Waals surface area contributed by atoms with Crippen molar-refractivity contribution in [3.05, 3.63) is 71.8 Å². The van der Waals surface area contributed by atoms with E-state index in [9.17, 15) is 10.2 Å². The van der Waals surface area contributed by atoms with Crippen LogP contribution in [-0.4, -0.2) is 10.2 Å². The molecule has 0 aromatic heterocycles. The zero-order valence-corrected chi connectivity index (χ0v) is 12.7. The van der Waals surface area contributed by atoms with Gasteiger partial charge in [-0.3, -0.25) is 0 Å². The zero-order valence-electron chi connectivity index (χ0n) is 12.7. The van der Waals surface area contributed by atoms with Gasteiger partial charge in [0, 0.05) is 0 Å². The van der Waals surface area contributed by atoms with Gasteiger partial charge >= 0.3 is 0 Å². The maximum Gasteiger partial charge on any atom is 0.0815 e. The minimum atomic E-state index is -0.489. The molecule has 0 saturated carbocycles. The predicted molar refractivity (Wildman–Crippen MR) is 85.7 cm³/mol. The molecule has 0 aliphatic heterocycles. The van der Waals surface area contributed by atoms with Crippen LogP contribution in [0, 0.1) is 11.8 Å². The van der Waals surface area contributed by atoms with Crippen LogP contribution < -0.4 is 0 Å². The van der Waals surface area contributed by atoms with E-state index in [0.717, 1.165) is 17.5 Å². The molecule has 4 atom stereocenters. The van der Waals surface area contributed by atoms with Crippen LogP contribution in [0.4, 0.5) is 0 Å². The summed E-state index contributed by atoms with van der Waals surface area (Å²) in [5, 5.41) is 20.8. The second kappa shape index (κ2) is 7.39. The third-order valence-corrected chi connectivity index (χ3v) is 4.10. The van der Waals surface area contributed by atoms with Crippen molar-refractivity contribution in [2.75, 3.05) is 0 Å². The van der Waals surface area contributed by atoms with E-state index in [-0.39, 0.29) is 11.8 Å². The Bertz CT molecular complexity index is 474. The van der Waals surface area contributed by atoms with Crippen molar-refractivity contribution >= 4 is 0 Å². The highest BCUT2D eigenvalue weighted by atomic mass is 16.3. The van der Waals surface area contributed by atoms with Gasteiger partial charge in [-0.25, -0.2) is 0 Å². The molecule has 0 saturated heterocycles. The van der Waals surface area contributed by atoms with E-state index in [4.69, 9.17) is 0 Å². The van der Waals surface area contributed by atoms with Gasteiger partial charge in [0.2, 0.25) is 0 Å². The van der Waals surface area contributed by atoms with Crippen molar-refractivity contribution in [2.24, 2.45) is 11.8 Å². The first-order valence-electron chi connectivity index (χ1n) is 7.55. The number of hydrogen-bond acceptors (Lipinski definition) is 2. The molecule has 0 fully saturated rings. The van der Waals surface area contributed by atoms with Gasteiger partial charge in [0.1, 0.15) is 0 Å². The molecule has 4 unspecified atom stereocenters. The van der Waals surface area contributed by atoms with Crippen molar-refractivity contribution in [1.29, 1.82) is 0 Å². The molecule has 21 heavy (non-hydrogen) atoms. The van der Waals surface area contributed by atoms with Gasteiger partial charge in [0.15, 0.2) is 0 Å². The van der Waals surface area contributed by atoms with Crippen LogP contribution in [-0.2, 0) is 0 Å². The fraction of sp³-hybridized carbons (Fsp3) is 0.368. The van der Waals surface area contributed by atoms with Crippen LogP contribution >= 0.6 is 0 Å². The van der Waals surface area contributed by atoms with Crippen molar-refractivity contribution in [2.45, 2.75) is 32.5 Å². The molecule has 0 aliphatic rings. The first kappa shape index (κ1) is 15.7. The van der Waals surface area contributed by atoms with Gasteiger partial charge in [-0.1, -0.05) is 74.5 Å². The fourth-order valence-electron chi connectivity index (χ4n) is 2.80. The Kier molecular flexibility index (Phi) is 5.54. The van der Waals surface area contributed by atoms with Crippen molar-refractivity contribution in [1.82, 2.24) is 0 Å². The summed E-state index contributed by atoms with van der Waals surface area (Å²) < 4.78 is 0. The summed E-state index contributed by atoms with van der Waals surface area (Å²) in [5.41, 5.74) is 1.87. The zero-order chi connectivity index (χ0) is 15.2. The number of benzene rings is 2. The summed E-state index contributed by atoms with van der Waals surface area (Å²) in [6.45, 7) is 4.07. The standard InChI is InChI=1S/C19H24O2/c1-14(18(20)16-9-5-3-6-10-16)13-15(2)19(21)17-11-7-4-8-12-17/h3-12,14-15,18-21H,13H2,1-2H3. The summed E-state index contributed by atoms with van der Waals surface area (Å²) >= 11 is 0. The van der Waals surface area contributed by atoms with Gasteiger partial charge in [-0.2, -0.15) is 0 Å². The van der Waals surface area contributed by atoms with E-state index >= 15 is 0 Å². The van der Waals surface area contributed by atoms with E-state index in [1.165, 1.54) is 0 Å². The van der Waals surface area contributed by atoms with Gasteiger partial charge in [0.25, 0.3) is 0 Å². The number of hydrogen-bond donors (Lipinski definition) is 2. The molecule has 2 nitrogen and oxygen atoms in total. The van der Waals surface area contributed by atoms with Crippen LogP contribution in [0.1, 0.15) is 43.6 Å². The average molecular weight is 284 g/mol. The van der Waals surface area contributed by atoms with Gasteiger partial charge in [-0.05, 0) is 29.4 Å². The van der Waals surface area contributed by atoms with Crippen LogP contribution in [0.3, 0.4) is 0 Å². The molecule has 2 aromatic carbocycles. The highest BCUT2D eigenvalue weighted by Crippen LogP contribution is 2.32. The number of aliphatic hydroxyl groups is 2.